The van der Waals surface area contributed by atoms with Gasteiger partial charge >= 0.3 is 6.18 Å². The maximum atomic E-state index is 12.7. The van der Waals surface area contributed by atoms with E-state index in [-0.39, 0.29) is 22.5 Å². The number of nitrogens with one attached hydrogen (secondary N) is 1. The number of likely N-dealkylation sites (N-methyl/N-ethyl adjacent to an activating group) is 1. The summed E-state index contributed by atoms with van der Waals surface area (Å²) >= 11 is 0.987. The molecular weight excluding hydrogens is 341 g/mol. The molecule has 2 rings (SSSR count). The molecule has 0 aliphatic carbocycles. The smallest absolute Gasteiger partial charge is 0.337 e. The Morgan fingerprint density at radius 1 is 1.38 bits per heavy atom. The quantitative estimate of drug-likeness (QED) is 0.834. The second-order valence-corrected chi connectivity index (χ2v) is 6.58. The van der Waals surface area contributed by atoms with Gasteiger partial charge in [-0.1, -0.05) is 11.8 Å². The van der Waals surface area contributed by atoms with E-state index in [1.54, 1.807) is 4.90 Å². The van der Waals surface area contributed by atoms with Crippen LogP contribution in [0.15, 0.2) is 34.1 Å². The summed E-state index contributed by atoms with van der Waals surface area (Å²) in [7, 11) is 0. The number of anilines is 1. The molecule has 1 aromatic rings. The molecule has 130 valence electrons. The summed E-state index contributed by atoms with van der Waals surface area (Å²) in [4.78, 5) is 26.5. The molecule has 8 heteroatoms. The van der Waals surface area contributed by atoms with Crippen molar-refractivity contribution in [3.8, 4) is 0 Å². The number of carbonyl (C=O) groups excluding carboxylic acids is 2. The van der Waals surface area contributed by atoms with E-state index in [2.05, 4.69) is 5.32 Å². The average molecular weight is 358 g/mol. The molecule has 0 aromatic heterocycles. The molecule has 4 nitrogen and oxygen atoms in total. The lowest BCUT2D eigenvalue weighted by molar-refractivity contribution is -0.137. The third-order valence-electron chi connectivity index (χ3n) is 3.50. The van der Waals surface area contributed by atoms with Gasteiger partial charge in [-0.15, -0.1) is 0 Å². The summed E-state index contributed by atoms with van der Waals surface area (Å²) in [6, 6.07) is 3.12. The van der Waals surface area contributed by atoms with E-state index in [0.29, 0.717) is 11.4 Å². The van der Waals surface area contributed by atoms with Crippen molar-refractivity contribution in [3.05, 3.63) is 34.7 Å². The number of rotatable bonds is 3. The average Bonchev–Trinajstić information content (AvgIpc) is 2.46. The number of carbonyl (C=O) groups is 2. The number of nitrogens with zero attached hydrogens (tertiary/aromatic N) is 1. The fraction of sp³-hybridized carbons (Fsp3) is 0.375. The molecule has 1 aliphatic heterocycles. The van der Waals surface area contributed by atoms with Gasteiger partial charge in [-0.2, -0.15) is 13.2 Å². The van der Waals surface area contributed by atoms with Gasteiger partial charge in [0.1, 0.15) is 0 Å². The van der Waals surface area contributed by atoms with Crippen LogP contribution in [-0.4, -0.2) is 29.3 Å². The summed E-state index contributed by atoms with van der Waals surface area (Å²) in [5.41, 5.74) is -0.733. The summed E-state index contributed by atoms with van der Waals surface area (Å²) in [6.07, 6.45) is -3.25. The van der Waals surface area contributed by atoms with Crippen LogP contribution in [0.4, 0.5) is 18.9 Å². The fourth-order valence-corrected chi connectivity index (χ4v) is 3.20. The Bertz CT molecular complexity index is 699. The minimum atomic E-state index is -4.48. The molecule has 0 bridgehead atoms. The van der Waals surface area contributed by atoms with Gasteiger partial charge in [0.15, 0.2) is 0 Å². The SMILES string of the molecule is CCN(C(=O)/C=C1/Sc2ccc(C(F)(F)F)cc2NC1=O)C(C)C. The molecule has 2 amide bonds. The Labute approximate surface area is 142 Å². The Balaban J connectivity index is 2.28. The lowest BCUT2D eigenvalue weighted by Crippen LogP contribution is -2.36. The van der Waals surface area contributed by atoms with Crippen LogP contribution < -0.4 is 5.32 Å². The highest BCUT2D eigenvalue weighted by Gasteiger charge is 2.32. The van der Waals surface area contributed by atoms with Gasteiger partial charge in [-0.3, -0.25) is 9.59 Å². The van der Waals surface area contributed by atoms with Gasteiger partial charge in [0.05, 0.1) is 16.2 Å². The number of amides is 2. The molecule has 1 aliphatic rings. The zero-order valence-electron chi connectivity index (χ0n) is 13.4. The first-order chi connectivity index (χ1) is 11.1. The summed E-state index contributed by atoms with van der Waals surface area (Å²) in [5, 5.41) is 2.42. The molecule has 0 fully saturated rings. The molecule has 1 heterocycles. The highest BCUT2D eigenvalue weighted by atomic mass is 32.2. The lowest BCUT2D eigenvalue weighted by atomic mass is 10.2. The third kappa shape index (κ3) is 3.92. The Morgan fingerprint density at radius 2 is 2.04 bits per heavy atom. The van der Waals surface area contributed by atoms with Gasteiger partial charge in [-0.05, 0) is 39.0 Å². The predicted molar refractivity (Wildman–Crippen MR) is 86.5 cm³/mol. The van der Waals surface area contributed by atoms with E-state index in [1.807, 2.05) is 20.8 Å². The monoisotopic (exact) mass is 358 g/mol. The Kier molecular flexibility index (Phi) is 5.27. The van der Waals surface area contributed by atoms with Crippen LogP contribution in [0.2, 0.25) is 0 Å². The van der Waals surface area contributed by atoms with Crippen LogP contribution in [0.25, 0.3) is 0 Å². The highest BCUT2D eigenvalue weighted by molar-refractivity contribution is 8.04. The van der Waals surface area contributed by atoms with Crippen LogP contribution in [0.3, 0.4) is 0 Å². The van der Waals surface area contributed by atoms with Crippen molar-refractivity contribution in [3.63, 3.8) is 0 Å². The lowest BCUT2D eigenvalue weighted by Gasteiger charge is -2.25. The zero-order chi connectivity index (χ0) is 18.1. The van der Waals surface area contributed by atoms with Crippen molar-refractivity contribution in [2.45, 2.75) is 37.9 Å². The van der Waals surface area contributed by atoms with Crippen molar-refractivity contribution >= 4 is 29.3 Å². The molecule has 1 N–H and O–H groups in total. The number of alkyl halides is 3. The van der Waals surface area contributed by atoms with Gasteiger partial charge in [0, 0.05) is 23.6 Å². The van der Waals surface area contributed by atoms with Gasteiger partial charge < -0.3 is 10.2 Å². The molecule has 0 saturated heterocycles. The fourth-order valence-electron chi connectivity index (χ4n) is 2.31. The minimum Gasteiger partial charge on any atom is -0.337 e. The van der Waals surface area contributed by atoms with Crippen LogP contribution in [0, 0.1) is 0 Å². The predicted octanol–water partition coefficient (Wildman–Crippen LogP) is 3.89. The largest absolute Gasteiger partial charge is 0.416 e. The number of hydrogen-bond acceptors (Lipinski definition) is 3. The molecule has 0 radical (unpaired) electrons. The van der Waals surface area contributed by atoms with Crippen molar-refractivity contribution in [2.75, 3.05) is 11.9 Å². The second-order valence-electron chi connectivity index (χ2n) is 5.49. The topological polar surface area (TPSA) is 49.4 Å². The molecular formula is C16H17F3N2O2S. The van der Waals surface area contributed by atoms with E-state index < -0.39 is 17.6 Å². The number of halogens is 3. The molecule has 0 saturated carbocycles. The number of hydrogen-bond donors (Lipinski definition) is 1. The van der Waals surface area contributed by atoms with Crippen molar-refractivity contribution in [1.82, 2.24) is 4.90 Å². The van der Waals surface area contributed by atoms with Crippen molar-refractivity contribution in [2.24, 2.45) is 0 Å². The first-order valence-corrected chi connectivity index (χ1v) is 8.18. The highest BCUT2D eigenvalue weighted by Crippen LogP contribution is 2.41. The molecule has 24 heavy (non-hydrogen) atoms. The van der Waals surface area contributed by atoms with Gasteiger partial charge in [0.2, 0.25) is 5.91 Å². The standard InChI is InChI=1S/C16H17F3N2O2S/c1-4-21(9(2)3)14(22)8-13-15(23)20-11-7-10(16(17,18)19)5-6-12(11)24-13/h5-9H,4H2,1-3H3,(H,20,23)/b13-8+. The second kappa shape index (κ2) is 6.88. The normalized spacial score (nSPS) is 16.1. The Morgan fingerprint density at radius 3 is 2.58 bits per heavy atom. The number of thioether (sulfide) groups is 1. The van der Waals surface area contributed by atoms with Crippen molar-refractivity contribution in [1.29, 1.82) is 0 Å². The van der Waals surface area contributed by atoms with E-state index >= 15 is 0 Å². The van der Waals surface area contributed by atoms with Gasteiger partial charge in [-0.25, -0.2) is 0 Å². The maximum absolute atomic E-state index is 12.7. The Hall–Kier alpha value is -1.96. The van der Waals surface area contributed by atoms with Crippen LogP contribution in [-0.2, 0) is 15.8 Å². The molecule has 0 atom stereocenters. The van der Waals surface area contributed by atoms with E-state index in [9.17, 15) is 22.8 Å². The van der Waals surface area contributed by atoms with E-state index in [0.717, 1.165) is 23.9 Å². The third-order valence-corrected chi connectivity index (χ3v) is 4.60. The zero-order valence-corrected chi connectivity index (χ0v) is 14.2. The minimum absolute atomic E-state index is 0.0161. The molecule has 0 spiro atoms. The maximum Gasteiger partial charge on any atom is 0.416 e. The van der Waals surface area contributed by atoms with Crippen LogP contribution in [0.1, 0.15) is 26.3 Å². The van der Waals surface area contributed by atoms with Gasteiger partial charge in [0.25, 0.3) is 5.91 Å². The summed E-state index contributed by atoms with van der Waals surface area (Å²) in [6.45, 7) is 6.06. The van der Waals surface area contributed by atoms with Crippen LogP contribution in [0.5, 0.6) is 0 Å². The molecule has 0 unspecified atom stereocenters. The molecule has 1 aromatic carbocycles. The van der Waals surface area contributed by atoms with Crippen LogP contribution >= 0.6 is 11.8 Å². The first-order valence-electron chi connectivity index (χ1n) is 7.36. The van der Waals surface area contributed by atoms with E-state index in [1.165, 1.54) is 12.1 Å². The summed E-state index contributed by atoms with van der Waals surface area (Å²) < 4.78 is 38.2. The number of benzene rings is 1. The first kappa shape index (κ1) is 18.4. The number of fused-ring (bicyclic) bond motifs is 1. The van der Waals surface area contributed by atoms with Crippen molar-refractivity contribution < 1.29 is 22.8 Å². The van der Waals surface area contributed by atoms with E-state index in [4.69, 9.17) is 0 Å². The summed E-state index contributed by atoms with van der Waals surface area (Å²) in [5.74, 6) is -0.888.